The van der Waals surface area contributed by atoms with Crippen LogP contribution in [-0.2, 0) is 6.42 Å². The zero-order valence-corrected chi connectivity index (χ0v) is 11.1. The number of rotatable bonds is 1. The first-order valence-corrected chi connectivity index (χ1v) is 6.75. The van der Waals surface area contributed by atoms with E-state index in [4.69, 9.17) is 9.15 Å². The molecule has 0 saturated carbocycles. The normalized spacial score (nSPS) is 13.1. The summed E-state index contributed by atoms with van der Waals surface area (Å²) in [6.07, 6.45) is 0.742. The van der Waals surface area contributed by atoms with Crippen LogP contribution in [0.1, 0.15) is 5.56 Å². The van der Waals surface area contributed by atoms with Crippen LogP contribution >= 0.6 is 0 Å². The van der Waals surface area contributed by atoms with Crippen molar-refractivity contribution in [3.8, 4) is 22.6 Å². The van der Waals surface area contributed by atoms with Gasteiger partial charge in [0, 0.05) is 23.4 Å². The summed E-state index contributed by atoms with van der Waals surface area (Å²) in [7, 11) is 0. The molecule has 104 valence electrons. The third-order valence-electron chi connectivity index (χ3n) is 3.74. The first-order chi connectivity index (χ1) is 10.2. The number of hydrogen-bond donors (Lipinski definition) is 1. The van der Waals surface area contributed by atoms with E-state index >= 15 is 0 Å². The smallest absolute Gasteiger partial charge is 0.336 e. The second kappa shape index (κ2) is 4.38. The molecule has 0 radical (unpaired) electrons. The van der Waals surface area contributed by atoms with Crippen LogP contribution in [-0.4, -0.2) is 11.7 Å². The highest BCUT2D eigenvalue weighted by atomic mass is 16.5. The highest BCUT2D eigenvalue weighted by Crippen LogP contribution is 2.43. The highest BCUT2D eigenvalue weighted by Gasteiger charge is 2.22. The fourth-order valence-corrected chi connectivity index (χ4v) is 2.78. The predicted molar refractivity (Wildman–Crippen MR) is 78.8 cm³/mol. The van der Waals surface area contributed by atoms with Gasteiger partial charge in [0.1, 0.15) is 0 Å². The lowest BCUT2D eigenvalue weighted by Crippen LogP contribution is -1.99. The third kappa shape index (κ3) is 1.80. The first-order valence-electron chi connectivity index (χ1n) is 6.75. The average Bonchev–Trinajstić information content (AvgIpc) is 2.97. The fourth-order valence-electron chi connectivity index (χ4n) is 2.78. The predicted octanol–water partition coefficient (Wildman–Crippen LogP) is 3.10. The zero-order chi connectivity index (χ0) is 14.4. The largest absolute Gasteiger partial charge is 0.502 e. The Hall–Kier alpha value is -2.75. The van der Waals surface area contributed by atoms with Gasteiger partial charge in [-0.15, -0.1) is 0 Å². The lowest BCUT2D eigenvalue weighted by molar-refractivity contribution is 0.333. The van der Waals surface area contributed by atoms with Crippen molar-refractivity contribution in [3.05, 3.63) is 58.4 Å². The summed E-state index contributed by atoms with van der Waals surface area (Å²) in [5, 5.41) is 11.0. The van der Waals surface area contributed by atoms with Gasteiger partial charge in [-0.3, -0.25) is 0 Å². The summed E-state index contributed by atoms with van der Waals surface area (Å²) >= 11 is 0. The minimum absolute atomic E-state index is 0.0881. The minimum Gasteiger partial charge on any atom is -0.502 e. The first kappa shape index (κ1) is 12.0. The van der Waals surface area contributed by atoms with Crippen LogP contribution in [0, 0.1) is 0 Å². The van der Waals surface area contributed by atoms with Gasteiger partial charge in [0.2, 0.25) is 5.75 Å². The Kier molecular flexibility index (Phi) is 2.51. The van der Waals surface area contributed by atoms with Crippen molar-refractivity contribution in [1.82, 2.24) is 0 Å². The van der Waals surface area contributed by atoms with Crippen LogP contribution in [0.15, 0.2) is 51.7 Å². The summed E-state index contributed by atoms with van der Waals surface area (Å²) in [5.41, 5.74) is 2.29. The summed E-state index contributed by atoms with van der Waals surface area (Å²) in [4.78, 5) is 11.8. The molecule has 0 unspecified atom stereocenters. The molecule has 0 saturated heterocycles. The molecular formula is C17H12O4. The Morgan fingerprint density at radius 3 is 2.71 bits per heavy atom. The zero-order valence-electron chi connectivity index (χ0n) is 11.1. The number of hydrogen-bond acceptors (Lipinski definition) is 4. The molecule has 2 heterocycles. The molecule has 0 atom stereocenters. The number of fused-ring (bicyclic) bond motifs is 2. The second-order valence-electron chi connectivity index (χ2n) is 5.03. The van der Waals surface area contributed by atoms with E-state index in [0.29, 0.717) is 12.4 Å². The molecule has 0 aliphatic carbocycles. The monoisotopic (exact) mass is 280 g/mol. The molecule has 21 heavy (non-hydrogen) atoms. The van der Waals surface area contributed by atoms with Gasteiger partial charge in [-0.05, 0) is 17.2 Å². The lowest BCUT2D eigenvalue weighted by atomic mass is 9.99. The number of benzene rings is 2. The molecule has 0 fully saturated rings. The van der Waals surface area contributed by atoms with Gasteiger partial charge < -0.3 is 14.3 Å². The molecular weight excluding hydrogens is 268 g/mol. The Labute approximate surface area is 120 Å². The minimum atomic E-state index is -0.491. The van der Waals surface area contributed by atoms with Gasteiger partial charge in [-0.2, -0.15) is 0 Å². The van der Waals surface area contributed by atoms with Crippen LogP contribution in [0.5, 0.6) is 11.5 Å². The molecule has 1 aliphatic heterocycles. The van der Waals surface area contributed by atoms with E-state index in [1.165, 1.54) is 6.07 Å². The van der Waals surface area contributed by atoms with Gasteiger partial charge in [-0.1, -0.05) is 30.3 Å². The molecule has 0 amide bonds. The lowest BCUT2D eigenvalue weighted by Gasteiger charge is -2.09. The number of ether oxygens (including phenoxy) is 1. The summed E-state index contributed by atoms with van der Waals surface area (Å²) in [6, 6.07) is 13.0. The quantitative estimate of drug-likeness (QED) is 0.696. The molecule has 4 rings (SSSR count). The van der Waals surface area contributed by atoms with E-state index in [2.05, 4.69) is 0 Å². The van der Waals surface area contributed by atoms with Crippen LogP contribution < -0.4 is 10.4 Å². The molecule has 4 nitrogen and oxygen atoms in total. The van der Waals surface area contributed by atoms with Crippen LogP contribution in [0.2, 0.25) is 0 Å². The van der Waals surface area contributed by atoms with Crippen molar-refractivity contribution >= 4 is 11.0 Å². The van der Waals surface area contributed by atoms with Crippen molar-refractivity contribution in [3.63, 3.8) is 0 Å². The van der Waals surface area contributed by atoms with E-state index < -0.39 is 5.63 Å². The molecule has 4 heteroatoms. The number of phenolic OH excluding ortho intramolecular Hbond substituents is 1. The maximum absolute atomic E-state index is 11.8. The van der Waals surface area contributed by atoms with Crippen molar-refractivity contribution in [1.29, 1.82) is 0 Å². The van der Waals surface area contributed by atoms with Crippen molar-refractivity contribution < 1.29 is 14.3 Å². The molecule has 1 aliphatic rings. The number of aromatic hydroxyl groups is 1. The van der Waals surface area contributed by atoms with Crippen molar-refractivity contribution in [2.45, 2.75) is 6.42 Å². The summed E-state index contributed by atoms with van der Waals surface area (Å²) < 4.78 is 10.6. The van der Waals surface area contributed by atoms with E-state index in [9.17, 15) is 9.90 Å². The van der Waals surface area contributed by atoms with E-state index in [0.717, 1.165) is 28.5 Å². The summed E-state index contributed by atoms with van der Waals surface area (Å²) in [5.74, 6) is 0.339. The van der Waals surface area contributed by atoms with E-state index in [-0.39, 0.29) is 11.3 Å². The fraction of sp³-hybridized carbons (Fsp3) is 0.118. The molecule has 1 N–H and O–H groups in total. The molecule has 0 spiro atoms. The Bertz CT molecular complexity index is 894. The average molecular weight is 280 g/mol. The van der Waals surface area contributed by atoms with Crippen LogP contribution in [0.4, 0.5) is 0 Å². The molecule has 1 aromatic heterocycles. The van der Waals surface area contributed by atoms with E-state index in [1.807, 2.05) is 36.4 Å². The van der Waals surface area contributed by atoms with Gasteiger partial charge in [0.05, 0.1) is 6.61 Å². The molecule has 2 aromatic carbocycles. The molecule has 0 bridgehead atoms. The Morgan fingerprint density at radius 1 is 1.10 bits per heavy atom. The third-order valence-corrected chi connectivity index (χ3v) is 3.74. The Morgan fingerprint density at radius 2 is 1.90 bits per heavy atom. The number of phenols is 1. The van der Waals surface area contributed by atoms with E-state index in [1.54, 1.807) is 0 Å². The van der Waals surface area contributed by atoms with Crippen molar-refractivity contribution in [2.75, 3.05) is 6.61 Å². The van der Waals surface area contributed by atoms with Crippen LogP contribution in [0.3, 0.4) is 0 Å². The SMILES string of the molecule is O=c1cc(-c2ccccc2)c2cc3c(c(O)c2o1)OCC3. The van der Waals surface area contributed by atoms with Gasteiger partial charge in [0.15, 0.2) is 11.3 Å². The topological polar surface area (TPSA) is 59.7 Å². The van der Waals surface area contributed by atoms with Gasteiger partial charge >= 0.3 is 5.63 Å². The second-order valence-corrected chi connectivity index (χ2v) is 5.03. The summed E-state index contributed by atoms with van der Waals surface area (Å²) in [6.45, 7) is 0.532. The van der Waals surface area contributed by atoms with Crippen LogP contribution in [0.25, 0.3) is 22.1 Å². The van der Waals surface area contributed by atoms with Crippen molar-refractivity contribution in [2.24, 2.45) is 0 Å². The maximum Gasteiger partial charge on any atom is 0.336 e. The van der Waals surface area contributed by atoms with Gasteiger partial charge in [-0.25, -0.2) is 4.79 Å². The maximum atomic E-state index is 11.8. The standard InChI is InChI=1S/C17H12O4/c18-14-9-12(10-4-2-1-3-5-10)13-8-11-6-7-20-16(11)15(19)17(13)21-14/h1-5,8-9,19H,6-7H2. The Balaban J connectivity index is 2.13. The highest BCUT2D eigenvalue weighted by molar-refractivity contribution is 5.98. The molecule has 3 aromatic rings. The van der Waals surface area contributed by atoms with Gasteiger partial charge in [0.25, 0.3) is 0 Å².